The minimum absolute atomic E-state index is 0.135. The first-order chi connectivity index (χ1) is 6.02. The maximum atomic E-state index is 11.1. The van der Waals surface area contributed by atoms with Crippen LogP contribution in [0.15, 0.2) is 11.1 Å². The van der Waals surface area contributed by atoms with Gasteiger partial charge in [0.05, 0.1) is 7.11 Å². The second-order valence-electron chi connectivity index (χ2n) is 3.36. The highest BCUT2D eigenvalue weighted by molar-refractivity contribution is 5.93. The Bertz CT molecular complexity index is 259. The number of methoxy groups -OCH3 is 1. The van der Waals surface area contributed by atoms with Crippen LogP contribution < -0.4 is 0 Å². The number of rotatable bonds is 3. The zero-order chi connectivity index (χ0) is 10.4. The molecule has 13 heavy (non-hydrogen) atoms. The van der Waals surface area contributed by atoms with Crippen LogP contribution in [0.5, 0.6) is 0 Å². The van der Waals surface area contributed by atoms with Gasteiger partial charge in [-0.05, 0) is 24.8 Å². The molecule has 0 spiro atoms. The Hall–Kier alpha value is -1.30. The van der Waals surface area contributed by atoms with Gasteiger partial charge in [-0.15, -0.1) is 0 Å². The molecule has 0 aliphatic heterocycles. The maximum absolute atomic E-state index is 11.1. The minimum Gasteiger partial charge on any atom is -0.465 e. The molecule has 0 unspecified atom stereocenters. The van der Waals surface area contributed by atoms with Gasteiger partial charge in [-0.1, -0.05) is 13.8 Å². The van der Waals surface area contributed by atoms with Gasteiger partial charge in [0, 0.05) is 0 Å². The summed E-state index contributed by atoms with van der Waals surface area (Å²) in [6.07, 6.45) is 0.748. The molecule has 0 aliphatic carbocycles. The van der Waals surface area contributed by atoms with Crippen LogP contribution in [0.25, 0.3) is 0 Å². The van der Waals surface area contributed by atoms with E-state index in [1.807, 2.05) is 19.9 Å². The third-order valence-corrected chi connectivity index (χ3v) is 1.64. The zero-order valence-electron chi connectivity index (χ0n) is 8.55. The second kappa shape index (κ2) is 5.36. The quantitative estimate of drug-likeness (QED) is 0.380. The van der Waals surface area contributed by atoms with Gasteiger partial charge < -0.3 is 4.74 Å². The highest BCUT2D eigenvalue weighted by atomic mass is 16.5. The van der Waals surface area contributed by atoms with Crippen molar-refractivity contribution in [3.63, 3.8) is 0 Å². The molecule has 0 N–H and O–H groups in total. The first-order valence-electron chi connectivity index (χ1n) is 4.21. The lowest BCUT2D eigenvalue weighted by Crippen LogP contribution is -2.06. The second-order valence-corrected chi connectivity index (χ2v) is 3.36. The van der Waals surface area contributed by atoms with Crippen LogP contribution in [-0.4, -0.2) is 13.1 Å². The van der Waals surface area contributed by atoms with Crippen LogP contribution in [0.4, 0.5) is 0 Å². The molecule has 0 amide bonds. The summed E-state index contributed by atoms with van der Waals surface area (Å²) in [5.41, 5.74) is 0.931. The van der Waals surface area contributed by atoms with Gasteiger partial charge in [-0.2, -0.15) is 5.26 Å². The van der Waals surface area contributed by atoms with Crippen molar-refractivity contribution in [2.75, 3.05) is 7.11 Å². The smallest absolute Gasteiger partial charge is 0.348 e. The normalized spacial score (nSPS) is 12.0. The number of ether oxygens (including phenoxy) is 1. The summed E-state index contributed by atoms with van der Waals surface area (Å²) in [4.78, 5) is 11.1. The number of nitrogens with zero attached hydrogens (tertiary/aromatic N) is 1. The predicted molar refractivity (Wildman–Crippen MR) is 49.8 cm³/mol. The summed E-state index contributed by atoms with van der Waals surface area (Å²) in [7, 11) is 1.28. The molecular formula is C10H15NO2. The fourth-order valence-electron chi connectivity index (χ4n) is 1.13. The van der Waals surface area contributed by atoms with Gasteiger partial charge in [-0.3, -0.25) is 0 Å². The van der Waals surface area contributed by atoms with Gasteiger partial charge in [0.15, 0.2) is 0 Å². The summed E-state index contributed by atoms with van der Waals surface area (Å²) < 4.78 is 4.49. The van der Waals surface area contributed by atoms with E-state index in [0.29, 0.717) is 5.92 Å². The van der Waals surface area contributed by atoms with Crippen LogP contribution in [0.3, 0.4) is 0 Å². The average molecular weight is 181 g/mol. The van der Waals surface area contributed by atoms with Crippen molar-refractivity contribution < 1.29 is 9.53 Å². The van der Waals surface area contributed by atoms with E-state index in [-0.39, 0.29) is 5.57 Å². The molecule has 0 aromatic rings. The summed E-state index contributed by atoms with van der Waals surface area (Å²) in [5, 5.41) is 8.70. The van der Waals surface area contributed by atoms with E-state index in [0.717, 1.165) is 12.0 Å². The van der Waals surface area contributed by atoms with Crippen molar-refractivity contribution in [1.29, 1.82) is 5.26 Å². The Morgan fingerprint density at radius 1 is 1.54 bits per heavy atom. The minimum atomic E-state index is -0.541. The Labute approximate surface area is 79.0 Å². The highest BCUT2D eigenvalue weighted by Gasteiger charge is 2.12. The van der Waals surface area contributed by atoms with Crippen molar-refractivity contribution in [1.82, 2.24) is 0 Å². The first kappa shape index (κ1) is 11.7. The molecule has 0 fully saturated rings. The summed E-state index contributed by atoms with van der Waals surface area (Å²) >= 11 is 0. The molecule has 0 aliphatic rings. The number of carbonyl (C=O) groups excluding carboxylic acids is 1. The number of nitriles is 1. The molecule has 0 saturated carbocycles. The van der Waals surface area contributed by atoms with Gasteiger partial charge >= 0.3 is 5.97 Å². The van der Waals surface area contributed by atoms with Crippen molar-refractivity contribution in [3.8, 4) is 6.07 Å². The predicted octanol–water partition coefficient (Wildman–Crippen LogP) is 2.05. The van der Waals surface area contributed by atoms with Crippen LogP contribution in [0.2, 0.25) is 0 Å². The van der Waals surface area contributed by atoms with Crippen molar-refractivity contribution >= 4 is 5.97 Å². The topological polar surface area (TPSA) is 50.1 Å². The van der Waals surface area contributed by atoms with E-state index < -0.39 is 5.97 Å². The van der Waals surface area contributed by atoms with Gasteiger partial charge in [0.2, 0.25) is 0 Å². The molecule has 3 nitrogen and oxygen atoms in total. The Morgan fingerprint density at radius 2 is 2.08 bits per heavy atom. The Kier molecular flexibility index (Phi) is 4.83. The summed E-state index contributed by atoms with van der Waals surface area (Å²) in [5.74, 6) is -0.103. The Balaban J connectivity index is 4.72. The molecule has 0 atom stereocenters. The SMILES string of the molecule is COC(=O)C(C#N)=C(C)CC(C)C. The fourth-order valence-corrected chi connectivity index (χ4v) is 1.13. The number of hydrogen-bond acceptors (Lipinski definition) is 3. The molecule has 0 heterocycles. The van der Waals surface area contributed by atoms with Crippen LogP contribution in [-0.2, 0) is 9.53 Å². The highest BCUT2D eigenvalue weighted by Crippen LogP contribution is 2.14. The number of hydrogen-bond donors (Lipinski definition) is 0. The summed E-state index contributed by atoms with van der Waals surface area (Å²) in [6.45, 7) is 5.86. The third kappa shape index (κ3) is 3.75. The lowest BCUT2D eigenvalue weighted by Gasteiger charge is -2.06. The molecular weight excluding hydrogens is 166 g/mol. The lowest BCUT2D eigenvalue weighted by molar-refractivity contribution is -0.135. The number of carbonyl (C=O) groups is 1. The molecule has 3 heteroatoms. The summed E-state index contributed by atoms with van der Waals surface area (Å²) in [6, 6.07) is 1.86. The maximum Gasteiger partial charge on any atom is 0.348 e. The first-order valence-corrected chi connectivity index (χ1v) is 4.21. The number of esters is 1. The molecule has 0 rings (SSSR count). The fraction of sp³-hybridized carbons (Fsp3) is 0.600. The van der Waals surface area contributed by atoms with E-state index in [2.05, 4.69) is 4.74 Å². The van der Waals surface area contributed by atoms with Crippen LogP contribution >= 0.6 is 0 Å². The van der Waals surface area contributed by atoms with Crippen molar-refractivity contribution in [2.45, 2.75) is 27.2 Å². The average Bonchev–Trinajstić information content (AvgIpc) is 2.03. The molecule has 0 radical (unpaired) electrons. The van der Waals surface area contributed by atoms with E-state index >= 15 is 0 Å². The van der Waals surface area contributed by atoms with E-state index in [1.165, 1.54) is 7.11 Å². The van der Waals surface area contributed by atoms with E-state index in [4.69, 9.17) is 5.26 Å². The molecule has 72 valence electrons. The van der Waals surface area contributed by atoms with Gasteiger partial charge in [-0.25, -0.2) is 4.79 Å². The van der Waals surface area contributed by atoms with Crippen LogP contribution in [0.1, 0.15) is 27.2 Å². The van der Waals surface area contributed by atoms with Gasteiger partial charge in [0.25, 0.3) is 0 Å². The van der Waals surface area contributed by atoms with Gasteiger partial charge in [0.1, 0.15) is 11.6 Å². The van der Waals surface area contributed by atoms with Crippen LogP contribution in [0, 0.1) is 17.2 Å². The largest absolute Gasteiger partial charge is 0.465 e. The molecule has 0 aromatic carbocycles. The zero-order valence-corrected chi connectivity index (χ0v) is 8.55. The number of allylic oxidation sites excluding steroid dienone is 1. The van der Waals surface area contributed by atoms with Crippen molar-refractivity contribution in [3.05, 3.63) is 11.1 Å². The third-order valence-electron chi connectivity index (χ3n) is 1.64. The lowest BCUT2D eigenvalue weighted by atomic mass is 10.0. The monoisotopic (exact) mass is 181 g/mol. The van der Waals surface area contributed by atoms with E-state index in [9.17, 15) is 4.79 Å². The standard InChI is InChI=1S/C10H15NO2/c1-7(2)5-8(3)9(6-11)10(12)13-4/h7H,5H2,1-4H3. The van der Waals surface area contributed by atoms with E-state index in [1.54, 1.807) is 6.92 Å². The molecule has 0 aromatic heterocycles. The van der Waals surface area contributed by atoms with Crippen molar-refractivity contribution in [2.24, 2.45) is 5.92 Å². The Morgan fingerprint density at radius 3 is 2.38 bits per heavy atom. The molecule has 0 bridgehead atoms. The molecule has 0 saturated heterocycles.